The predicted molar refractivity (Wildman–Crippen MR) is 98.7 cm³/mol. The first kappa shape index (κ1) is 16.6. The van der Waals surface area contributed by atoms with Crippen LogP contribution in [-0.4, -0.2) is 42.8 Å². The average molecular weight is 350 g/mol. The van der Waals surface area contributed by atoms with Gasteiger partial charge in [-0.25, -0.2) is 19.6 Å². The van der Waals surface area contributed by atoms with Crippen molar-refractivity contribution in [2.75, 3.05) is 18.4 Å². The highest BCUT2D eigenvalue weighted by Gasteiger charge is 2.18. The Hall–Kier alpha value is -2.87. The molecule has 0 aromatic carbocycles. The highest BCUT2D eigenvalue weighted by atomic mass is 15.3. The molecule has 0 radical (unpaired) electrons. The van der Waals surface area contributed by atoms with Crippen LogP contribution >= 0.6 is 0 Å². The maximum Gasteiger partial charge on any atom is 0.161 e. The van der Waals surface area contributed by atoms with E-state index < -0.39 is 0 Å². The third-order valence-electron chi connectivity index (χ3n) is 4.45. The lowest BCUT2D eigenvalue weighted by atomic mass is 10.1. The monoisotopic (exact) mass is 350 g/mol. The molecule has 0 saturated heterocycles. The van der Waals surface area contributed by atoms with E-state index in [2.05, 4.69) is 25.7 Å². The maximum absolute atomic E-state index is 4.79. The summed E-state index contributed by atoms with van der Waals surface area (Å²) in [5, 5.41) is 11.3. The number of aromatic nitrogens is 6. The molecule has 3 aromatic heterocycles. The minimum absolute atomic E-state index is 0.727. The van der Waals surface area contributed by atoms with Gasteiger partial charge in [0.05, 0.1) is 12.2 Å². The van der Waals surface area contributed by atoms with Gasteiger partial charge in [-0.2, -0.15) is 5.10 Å². The van der Waals surface area contributed by atoms with Gasteiger partial charge in [0.15, 0.2) is 5.82 Å². The molecule has 0 aliphatic carbocycles. The van der Waals surface area contributed by atoms with Gasteiger partial charge in [-0.1, -0.05) is 0 Å². The van der Waals surface area contributed by atoms with Crippen LogP contribution in [0.2, 0.25) is 0 Å². The molecule has 0 atom stereocenters. The molecule has 0 fully saturated rings. The van der Waals surface area contributed by atoms with Gasteiger partial charge in [-0.05, 0) is 38.9 Å². The molecule has 4 rings (SSSR count). The number of hydrogen-bond acceptors (Lipinski definition) is 7. The molecule has 0 saturated carbocycles. The second-order valence-corrected chi connectivity index (χ2v) is 6.34. The van der Waals surface area contributed by atoms with Crippen LogP contribution in [-0.2, 0) is 19.5 Å². The van der Waals surface area contributed by atoms with E-state index in [1.807, 2.05) is 30.7 Å². The highest BCUT2D eigenvalue weighted by molar-refractivity contribution is 5.59. The highest BCUT2D eigenvalue weighted by Crippen LogP contribution is 2.24. The predicted octanol–water partition coefficient (Wildman–Crippen LogP) is 1.50. The van der Waals surface area contributed by atoms with Gasteiger partial charge >= 0.3 is 0 Å². The Kier molecular flexibility index (Phi) is 4.57. The van der Waals surface area contributed by atoms with Crippen molar-refractivity contribution >= 4 is 5.82 Å². The first-order valence-electron chi connectivity index (χ1n) is 8.83. The van der Waals surface area contributed by atoms with E-state index in [9.17, 15) is 0 Å². The van der Waals surface area contributed by atoms with Crippen LogP contribution in [0.15, 0.2) is 24.5 Å². The summed E-state index contributed by atoms with van der Waals surface area (Å²) < 4.78 is 1.92. The molecule has 3 aromatic rings. The minimum Gasteiger partial charge on any atom is -0.368 e. The van der Waals surface area contributed by atoms with Crippen molar-refractivity contribution in [2.24, 2.45) is 0 Å². The van der Waals surface area contributed by atoms with Crippen LogP contribution in [0.5, 0.6) is 0 Å². The smallest absolute Gasteiger partial charge is 0.161 e. The Morgan fingerprint density at radius 1 is 1.15 bits per heavy atom. The third-order valence-corrected chi connectivity index (χ3v) is 4.45. The molecule has 1 aliphatic rings. The molecule has 26 heavy (non-hydrogen) atoms. The Labute approximate surface area is 152 Å². The van der Waals surface area contributed by atoms with Gasteiger partial charge in [0.2, 0.25) is 0 Å². The van der Waals surface area contributed by atoms with Crippen molar-refractivity contribution in [2.45, 2.75) is 33.4 Å². The zero-order valence-corrected chi connectivity index (χ0v) is 15.0. The molecular weight excluding hydrogens is 328 g/mol. The van der Waals surface area contributed by atoms with E-state index in [1.54, 1.807) is 12.4 Å². The summed E-state index contributed by atoms with van der Waals surface area (Å²) in [5.74, 6) is 3.37. The van der Waals surface area contributed by atoms with Crippen LogP contribution in [0.3, 0.4) is 0 Å². The number of fused-ring (bicyclic) bond motifs is 1. The number of rotatable bonds is 5. The van der Waals surface area contributed by atoms with Crippen LogP contribution in [0.25, 0.3) is 11.4 Å². The Bertz CT molecular complexity index is 903. The molecule has 0 bridgehead atoms. The van der Waals surface area contributed by atoms with E-state index >= 15 is 0 Å². The van der Waals surface area contributed by atoms with Gasteiger partial charge in [-0.3, -0.25) is 4.98 Å². The van der Waals surface area contributed by atoms with E-state index in [1.165, 1.54) is 5.56 Å². The summed E-state index contributed by atoms with van der Waals surface area (Å²) in [7, 11) is 0. The fourth-order valence-corrected chi connectivity index (χ4v) is 3.19. The van der Waals surface area contributed by atoms with Crippen LogP contribution in [0.1, 0.15) is 22.9 Å². The topological polar surface area (TPSA) is 93.4 Å². The van der Waals surface area contributed by atoms with Crippen molar-refractivity contribution in [1.29, 1.82) is 0 Å². The summed E-state index contributed by atoms with van der Waals surface area (Å²) in [6.45, 7) is 7.07. The molecule has 0 spiro atoms. The van der Waals surface area contributed by atoms with Crippen LogP contribution < -0.4 is 10.6 Å². The van der Waals surface area contributed by atoms with E-state index in [4.69, 9.17) is 9.97 Å². The minimum atomic E-state index is 0.727. The molecule has 2 N–H and O–H groups in total. The lowest BCUT2D eigenvalue weighted by molar-refractivity contribution is 0.606. The first-order chi connectivity index (χ1) is 12.7. The molecular formula is C18H22N8. The fourth-order valence-electron chi connectivity index (χ4n) is 3.19. The normalized spacial score (nSPS) is 13.5. The van der Waals surface area contributed by atoms with E-state index in [0.29, 0.717) is 0 Å². The summed E-state index contributed by atoms with van der Waals surface area (Å²) >= 11 is 0. The molecule has 1 aliphatic heterocycles. The zero-order chi connectivity index (χ0) is 17.9. The zero-order valence-electron chi connectivity index (χ0n) is 15.0. The van der Waals surface area contributed by atoms with Crippen molar-refractivity contribution in [3.63, 3.8) is 0 Å². The van der Waals surface area contributed by atoms with Gasteiger partial charge in [0.1, 0.15) is 17.5 Å². The lowest BCUT2D eigenvalue weighted by Crippen LogP contribution is -2.27. The van der Waals surface area contributed by atoms with E-state index in [0.717, 1.165) is 67.1 Å². The van der Waals surface area contributed by atoms with Crippen molar-refractivity contribution in [1.82, 2.24) is 35.0 Å². The molecule has 0 unspecified atom stereocenters. The summed E-state index contributed by atoms with van der Waals surface area (Å²) in [6, 6.07) is 3.87. The van der Waals surface area contributed by atoms with Gasteiger partial charge < -0.3 is 10.6 Å². The standard InChI is InChI=1S/C18H22N8/c1-12-22-13(2)26(25-12)10-9-21-18-15-5-8-20-11-16(15)23-17(24-18)14-3-6-19-7-4-14/h3-4,6-7,20H,5,8-11H2,1-2H3,(H,21,23,24). The summed E-state index contributed by atoms with van der Waals surface area (Å²) in [6.07, 6.45) is 4.45. The molecule has 8 heteroatoms. The summed E-state index contributed by atoms with van der Waals surface area (Å²) in [5.41, 5.74) is 3.24. The number of aryl methyl sites for hydroxylation is 2. The number of pyridine rings is 1. The molecule has 134 valence electrons. The van der Waals surface area contributed by atoms with Crippen LogP contribution in [0, 0.1) is 13.8 Å². The summed E-state index contributed by atoms with van der Waals surface area (Å²) in [4.78, 5) is 18.0. The van der Waals surface area contributed by atoms with Crippen molar-refractivity contribution in [3.8, 4) is 11.4 Å². The molecule has 0 amide bonds. The van der Waals surface area contributed by atoms with Crippen molar-refractivity contribution in [3.05, 3.63) is 47.4 Å². The Morgan fingerprint density at radius 2 is 2.00 bits per heavy atom. The van der Waals surface area contributed by atoms with E-state index in [-0.39, 0.29) is 0 Å². The SMILES string of the molecule is Cc1nc(C)n(CCNc2nc(-c3ccncc3)nc3c2CCNC3)n1. The Morgan fingerprint density at radius 3 is 2.77 bits per heavy atom. The molecule has 4 heterocycles. The maximum atomic E-state index is 4.79. The number of hydrogen-bond donors (Lipinski definition) is 2. The number of nitrogens with zero attached hydrogens (tertiary/aromatic N) is 6. The lowest BCUT2D eigenvalue weighted by Gasteiger charge is -2.20. The largest absolute Gasteiger partial charge is 0.368 e. The van der Waals surface area contributed by atoms with Crippen molar-refractivity contribution < 1.29 is 0 Å². The second kappa shape index (κ2) is 7.17. The quantitative estimate of drug-likeness (QED) is 0.720. The third kappa shape index (κ3) is 3.41. The average Bonchev–Trinajstić information content (AvgIpc) is 2.99. The van der Waals surface area contributed by atoms with Gasteiger partial charge in [0.25, 0.3) is 0 Å². The number of anilines is 1. The van der Waals surface area contributed by atoms with Gasteiger partial charge in [-0.15, -0.1) is 0 Å². The first-order valence-corrected chi connectivity index (χ1v) is 8.83. The number of nitrogens with one attached hydrogen (secondary N) is 2. The fraction of sp³-hybridized carbons (Fsp3) is 0.389. The van der Waals surface area contributed by atoms with Gasteiger partial charge in [0, 0.05) is 36.6 Å². The second-order valence-electron chi connectivity index (χ2n) is 6.34. The van der Waals surface area contributed by atoms with Crippen LogP contribution in [0.4, 0.5) is 5.82 Å². The molecule has 8 nitrogen and oxygen atoms in total. The Balaban J connectivity index is 1.58.